The monoisotopic (exact) mass is 467 g/mol. The third kappa shape index (κ3) is 5.67. The summed E-state index contributed by atoms with van der Waals surface area (Å²) in [6.45, 7) is 2.62. The summed E-state index contributed by atoms with van der Waals surface area (Å²) >= 11 is 3.35. The van der Waals surface area contributed by atoms with Crippen LogP contribution in [0.3, 0.4) is 0 Å². The largest absolute Gasteiger partial charge is 0.493 e. The molecule has 0 spiro atoms. The zero-order valence-corrected chi connectivity index (χ0v) is 18.1. The molecule has 0 heterocycles. The topological polar surface area (TPSA) is 79.8 Å². The van der Waals surface area contributed by atoms with Crippen molar-refractivity contribution in [1.29, 1.82) is 0 Å². The predicted octanol–water partition coefficient (Wildman–Crippen LogP) is 4.87. The van der Waals surface area contributed by atoms with Gasteiger partial charge in [0.2, 0.25) is 11.8 Å². The van der Waals surface area contributed by atoms with E-state index in [0.717, 1.165) is 27.2 Å². The molecule has 6 nitrogen and oxygen atoms in total. The molecule has 0 aromatic heterocycles. The van der Waals surface area contributed by atoms with Crippen molar-refractivity contribution >= 4 is 50.4 Å². The maximum absolute atomic E-state index is 12.1. The van der Waals surface area contributed by atoms with Crippen molar-refractivity contribution < 1.29 is 14.3 Å². The van der Waals surface area contributed by atoms with Crippen LogP contribution in [0.25, 0.3) is 10.8 Å². The molecular weight excluding hydrogens is 446 g/mol. The van der Waals surface area contributed by atoms with Crippen LogP contribution in [-0.4, -0.2) is 24.6 Å². The number of nitrogens with one attached hydrogen (secondary N) is 2. The third-order valence-corrected chi connectivity index (χ3v) is 4.94. The van der Waals surface area contributed by atoms with Crippen molar-refractivity contribution in [3.63, 3.8) is 0 Å². The molecule has 154 valence electrons. The van der Waals surface area contributed by atoms with Gasteiger partial charge in [0.05, 0.1) is 18.5 Å². The Morgan fingerprint density at radius 1 is 1.03 bits per heavy atom. The Morgan fingerprint density at radius 3 is 2.60 bits per heavy atom. The smallest absolute Gasteiger partial charge is 0.249 e. The highest BCUT2D eigenvalue weighted by Gasteiger charge is 2.11. The molecule has 2 N–H and O–H groups in total. The molecule has 3 aromatic carbocycles. The molecule has 3 aromatic rings. The van der Waals surface area contributed by atoms with Crippen molar-refractivity contribution in [2.24, 2.45) is 5.10 Å². The van der Waals surface area contributed by atoms with E-state index in [4.69, 9.17) is 4.74 Å². The van der Waals surface area contributed by atoms with Crippen LogP contribution in [0.1, 0.15) is 25.3 Å². The van der Waals surface area contributed by atoms with Gasteiger partial charge in [0.15, 0.2) is 0 Å². The number of hydrazone groups is 1. The Labute approximate surface area is 183 Å². The minimum atomic E-state index is -0.507. The lowest BCUT2D eigenvalue weighted by Crippen LogP contribution is -2.24. The van der Waals surface area contributed by atoms with Gasteiger partial charge in [0.1, 0.15) is 12.2 Å². The molecule has 3 rings (SSSR count). The number of benzene rings is 3. The third-order valence-electron chi connectivity index (χ3n) is 4.24. The van der Waals surface area contributed by atoms with Gasteiger partial charge in [0.25, 0.3) is 0 Å². The van der Waals surface area contributed by atoms with Crippen molar-refractivity contribution in [1.82, 2.24) is 5.43 Å². The van der Waals surface area contributed by atoms with Crippen LogP contribution in [-0.2, 0) is 9.59 Å². The Bertz CT molecular complexity index is 1080. The van der Waals surface area contributed by atoms with Crippen LogP contribution < -0.4 is 15.5 Å². The maximum Gasteiger partial charge on any atom is 0.249 e. The van der Waals surface area contributed by atoms with Gasteiger partial charge in [-0.2, -0.15) is 5.10 Å². The van der Waals surface area contributed by atoms with Crippen molar-refractivity contribution in [3.8, 4) is 5.75 Å². The standard InChI is InChI=1S/C23H22BrN3O3/c1-2-13-30-21-12-11-16-7-3-4-8-17(16)18(21)15-25-27-23(29)14-22(28)26-20-10-6-5-9-19(20)24/h3-12,15H,2,13-14H2,1H3,(H,26,28)(H,27,29). The summed E-state index contributed by atoms with van der Waals surface area (Å²) in [6, 6.07) is 19.0. The van der Waals surface area contributed by atoms with Crippen molar-refractivity contribution in [2.75, 3.05) is 11.9 Å². The lowest BCUT2D eigenvalue weighted by molar-refractivity contribution is -0.126. The lowest BCUT2D eigenvalue weighted by atomic mass is 10.0. The first-order valence-electron chi connectivity index (χ1n) is 9.59. The summed E-state index contributed by atoms with van der Waals surface area (Å²) in [5.41, 5.74) is 3.79. The molecular formula is C23H22BrN3O3. The molecule has 7 heteroatoms. The molecule has 0 atom stereocenters. The number of hydrogen-bond donors (Lipinski definition) is 2. The van der Waals surface area contributed by atoms with Gasteiger partial charge < -0.3 is 10.1 Å². The van der Waals surface area contributed by atoms with Gasteiger partial charge in [-0.25, -0.2) is 5.43 Å². The molecule has 0 aliphatic heterocycles. The molecule has 2 amide bonds. The summed E-state index contributed by atoms with van der Waals surface area (Å²) in [6.07, 6.45) is 2.09. The van der Waals surface area contributed by atoms with Crippen LogP contribution in [0.4, 0.5) is 5.69 Å². The fourth-order valence-electron chi connectivity index (χ4n) is 2.86. The van der Waals surface area contributed by atoms with E-state index in [1.54, 1.807) is 18.3 Å². The van der Waals surface area contributed by atoms with E-state index < -0.39 is 11.8 Å². The first-order valence-corrected chi connectivity index (χ1v) is 10.4. The summed E-state index contributed by atoms with van der Waals surface area (Å²) in [4.78, 5) is 24.2. The van der Waals surface area contributed by atoms with Gasteiger partial charge in [-0.05, 0) is 51.3 Å². The molecule has 0 aliphatic rings. The summed E-state index contributed by atoms with van der Waals surface area (Å²) in [5, 5.41) is 8.74. The van der Waals surface area contributed by atoms with E-state index >= 15 is 0 Å². The minimum absolute atomic E-state index is 0.340. The second-order valence-electron chi connectivity index (χ2n) is 6.54. The SMILES string of the molecule is CCCOc1ccc2ccccc2c1C=NNC(=O)CC(=O)Nc1ccccc1Br. The number of carbonyl (C=O) groups is 2. The number of amides is 2. The molecule has 0 saturated carbocycles. The fraction of sp³-hybridized carbons (Fsp3) is 0.174. The van der Waals surface area contributed by atoms with E-state index in [1.807, 2.05) is 55.5 Å². The van der Waals surface area contributed by atoms with Gasteiger partial charge in [-0.1, -0.05) is 49.4 Å². The van der Waals surface area contributed by atoms with Gasteiger partial charge in [-0.15, -0.1) is 0 Å². The van der Waals surface area contributed by atoms with Crippen molar-refractivity contribution in [3.05, 3.63) is 70.7 Å². The predicted molar refractivity (Wildman–Crippen MR) is 123 cm³/mol. The van der Waals surface area contributed by atoms with Crippen LogP contribution in [0.15, 0.2) is 70.2 Å². The number of para-hydroxylation sites is 1. The number of halogens is 1. The van der Waals surface area contributed by atoms with Crippen molar-refractivity contribution in [2.45, 2.75) is 19.8 Å². The number of rotatable bonds is 8. The highest BCUT2D eigenvalue weighted by Crippen LogP contribution is 2.27. The second kappa shape index (κ2) is 10.5. The molecule has 0 saturated heterocycles. The minimum Gasteiger partial charge on any atom is -0.493 e. The zero-order valence-electron chi connectivity index (χ0n) is 16.5. The molecule has 0 aliphatic carbocycles. The second-order valence-corrected chi connectivity index (χ2v) is 7.40. The average Bonchev–Trinajstić information content (AvgIpc) is 2.74. The Kier molecular flexibility index (Phi) is 7.57. The van der Waals surface area contributed by atoms with Gasteiger partial charge >= 0.3 is 0 Å². The Morgan fingerprint density at radius 2 is 1.80 bits per heavy atom. The highest BCUT2D eigenvalue weighted by molar-refractivity contribution is 9.10. The van der Waals surface area contributed by atoms with E-state index in [1.165, 1.54) is 0 Å². The molecule has 0 fully saturated rings. The van der Waals surface area contributed by atoms with E-state index in [-0.39, 0.29) is 6.42 Å². The van der Waals surface area contributed by atoms with Crippen LogP contribution in [0.2, 0.25) is 0 Å². The van der Waals surface area contributed by atoms with Gasteiger partial charge in [-0.3, -0.25) is 9.59 Å². The summed E-state index contributed by atoms with van der Waals surface area (Å²) < 4.78 is 6.56. The Hall–Kier alpha value is -3.19. The Balaban J connectivity index is 1.67. The number of fused-ring (bicyclic) bond motifs is 1. The molecule has 0 bridgehead atoms. The fourth-order valence-corrected chi connectivity index (χ4v) is 3.24. The summed E-state index contributed by atoms with van der Waals surface area (Å²) in [5.74, 6) is -0.237. The van der Waals surface area contributed by atoms with Crippen LogP contribution in [0, 0.1) is 0 Å². The zero-order chi connectivity index (χ0) is 21.3. The number of anilines is 1. The quantitative estimate of drug-likeness (QED) is 0.281. The lowest BCUT2D eigenvalue weighted by Gasteiger charge is -2.11. The van der Waals surface area contributed by atoms with E-state index in [9.17, 15) is 9.59 Å². The summed E-state index contributed by atoms with van der Waals surface area (Å²) in [7, 11) is 0. The number of carbonyl (C=O) groups excluding carboxylic acids is 2. The molecule has 30 heavy (non-hydrogen) atoms. The first kappa shape index (κ1) is 21.5. The first-order chi connectivity index (χ1) is 14.6. The van der Waals surface area contributed by atoms with Crippen LogP contribution in [0.5, 0.6) is 5.75 Å². The van der Waals surface area contributed by atoms with E-state index in [2.05, 4.69) is 31.8 Å². The number of nitrogens with zero attached hydrogens (tertiary/aromatic N) is 1. The molecule has 0 unspecified atom stereocenters. The normalized spacial score (nSPS) is 10.9. The van der Waals surface area contributed by atoms with Gasteiger partial charge in [0, 0.05) is 10.0 Å². The highest BCUT2D eigenvalue weighted by atomic mass is 79.9. The number of hydrogen-bond acceptors (Lipinski definition) is 4. The number of ether oxygens (including phenoxy) is 1. The van der Waals surface area contributed by atoms with E-state index in [0.29, 0.717) is 18.0 Å². The van der Waals surface area contributed by atoms with Crippen LogP contribution >= 0.6 is 15.9 Å². The molecule has 0 radical (unpaired) electrons. The average molecular weight is 468 g/mol. The maximum atomic E-state index is 12.1.